The van der Waals surface area contributed by atoms with E-state index in [0.717, 1.165) is 0 Å². The number of aliphatic hydroxyl groups excluding tert-OH is 1. The van der Waals surface area contributed by atoms with Gasteiger partial charge in [0.05, 0.1) is 18.5 Å². The Morgan fingerprint density at radius 1 is 1.69 bits per heavy atom. The molecule has 1 rings (SSSR count). The summed E-state index contributed by atoms with van der Waals surface area (Å²) in [4.78, 5) is 0. The average molecular weight is 209 g/mol. The van der Waals surface area contributed by atoms with Gasteiger partial charge in [0.15, 0.2) is 0 Å². The summed E-state index contributed by atoms with van der Waals surface area (Å²) in [5.74, 6) is 0. The summed E-state index contributed by atoms with van der Waals surface area (Å²) in [5, 5.41) is 7.94. The van der Waals surface area contributed by atoms with E-state index in [1.807, 2.05) is 0 Å². The molecular weight excluding hydrogens is 194 g/mol. The number of hydrogen-bond acceptors (Lipinski definition) is 4. The van der Waals surface area contributed by atoms with Crippen molar-refractivity contribution in [3.8, 4) is 0 Å². The van der Waals surface area contributed by atoms with E-state index in [1.165, 1.54) is 6.92 Å². The number of sulfonamides is 1. The summed E-state index contributed by atoms with van der Waals surface area (Å²) < 4.78 is 30.3. The van der Waals surface area contributed by atoms with Crippen LogP contribution in [-0.4, -0.2) is 44.6 Å². The first kappa shape index (κ1) is 10.9. The molecule has 0 aliphatic carbocycles. The fraction of sp³-hybridized carbons (Fsp3) is 1.00. The summed E-state index contributed by atoms with van der Waals surface area (Å²) in [6.07, 6.45) is 0.706. The zero-order chi connectivity index (χ0) is 9.90. The molecule has 0 aromatic carbocycles. The topological polar surface area (TPSA) is 75.6 Å². The molecule has 2 atom stereocenters. The van der Waals surface area contributed by atoms with E-state index in [-0.39, 0.29) is 12.6 Å². The van der Waals surface area contributed by atoms with Crippen LogP contribution in [0.3, 0.4) is 0 Å². The first-order chi connectivity index (χ1) is 6.06. The van der Waals surface area contributed by atoms with Gasteiger partial charge in [-0.05, 0) is 13.3 Å². The van der Waals surface area contributed by atoms with Crippen LogP contribution in [0.1, 0.15) is 13.3 Å². The molecule has 5 nitrogen and oxygen atoms in total. The van der Waals surface area contributed by atoms with Gasteiger partial charge in [0.25, 0.3) is 0 Å². The second-order valence-electron chi connectivity index (χ2n) is 3.22. The number of nitrogens with one attached hydrogen (secondary N) is 1. The number of ether oxygens (including phenoxy) is 1. The fourth-order valence-corrected chi connectivity index (χ4v) is 2.15. The summed E-state index contributed by atoms with van der Waals surface area (Å²) >= 11 is 0. The Bertz CT molecular complexity index is 245. The van der Waals surface area contributed by atoms with E-state index in [9.17, 15) is 8.42 Å². The Kier molecular flexibility index (Phi) is 3.66. The van der Waals surface area contributed by atoms with Crippen LogP contribution in [0.5, 0.6) is 0 Å². The quantitative estimate of drug-likeness (QED) is 0.627. The monoisotopic (exact) mass is 209 g/mol. The molecule has 0 aromatic heterocycles. The molecule has 0 spiro atoms. The predicted octanol–water partition coefficient (Wildman–Crippen LogP) is -0.924. The largest absolute Gasteiger partial charge is 0.395 e. The third-order valence-electron chi connectivity index (χ3n) is 2.05. The van der Waals surface area contributed by atoms with Gasteiger partial charge in [0, 0.05) is 12.6 Å². The molecule has 1 aliphatic rings. The van der Waals surface area contributed by atoms with E-state index < -0.39 is 15.3 Å². The van der Waals surface area contributed by atoms with E-state index in [4.69, 9.17) is 9.84 Å². The number of aliphatic hydroxyl groups is 1. The standard InChI is InChI=1S/C7H15NO4S/c1-6(4-9)13(10,11)8-7-2-3-12-5-7/h6-9H,2-5H2,1H3. The summed E-state index contributed by atoms with van der Waals surface area (Å²) in [7, 11) is -3.37. The molecule has 0 radical (unpaired) electrons. The van der Waals surface area contributed by atoms with Crippen LogP contribution in [0.25, 0.3) is 0 Å². The van der Waals surface area contributed by atoms with E-state index in [2.05, 4.69) is 4.72 Å². The zero-order valence-corrected chi connectivity index (χ0v) is 8.38. The summed E-state index contributed by atoms with van der Waals surface area (Å²) in [5.41, 5.74) is 0. The molecule has 1 fully saturated rings. The average Bonchev–Trinajstić information content (AvgIpc) is 2.54. The van der Waals surface area contributed by atoms with Gasteiger partial charge in [0.1, 0.15) is 0 Å². The predicted molar refractivity (Wildman–Crippen MR) is 47.8 cm³/mol. The van der Waals surface area contributed by atoms with Crippen LogP contribution in [0, 0.1) is 0 Å². The molecule has 1 aliphatic heterocycles. The van der Waals surface area contributed by atoms with Crippen molar-refractivity contribution in [3.05, 3.63) is 0 Å². The summed E-state index contributed by atoms with van der Waals surface area (Å²) in [6.45, 7) is 2.14. The Morgan fingerprint density at radius 3 is 2.85 bits per heavy atom. The molecule has 2 unspecified atom stereocenters. The second kappa shape index (κ2) is 4.36. The summed E-state index contributed by atoms with van der Waals surface area (Å²) in [6, 6.07) is -0.126. The highest BCUT2D eigenvalue weighted by atomic mass is 32.2. The molecule has 1 heterocycles. The molecular formula is C7H15NO4S. The van der Waals surface area contributed by atoms with Gasteiger partial charge in [-0.1, -0.05) is 0 Å². The smallest absolute Gasteiger partial charge is 0.216 e. The van der Waals surface area contributed by atoms with Crippen molar-refractivity contribution in [2.45, 2.75) is 24.6 Å². The third kappa shape index (κ3) is 2.91. The van der Waals surface area contributed by atoms with Crippen LogP contribution in [0.15, 0.2) is 0 Å². The Balaban J connectivity index is 2.50. The van der Waals surface area contributed by atoms with E-state index in [1.54, 1.807) is 0 Å². The third-order valence-corrected chi connectivity index (χ3v) is 3.92. The molecule has 78 valence electrons. The molecule has 13 heavy (non-hydrogen) atoms. The normalized spacial score (nSPS) is 26.2. The van der Waals surface area contributed by atoms with Crippen LogP contribution in [0.2, 0.25) is 0 Å². The van der Waals surface area contributed by atoms with Crippen molar-refractivity contribution in [1.29, 1.82) is 0 Å². The molecule has 0 amide bonds. The highest BCUT2D eigenvalue weighted by Crippen LogP contribution is 2.07. The maximum absolute atomic E-state index is 11.4. The highest BCUT2D eigenvalue weighted by molar-refractivity contribution is 7.90. The minimum absolute atomic E-state index is 0.126. The van der Waals surface area contributed by atoms with Gasteiger partial charge in [-0.25, -0.2) is 13.1 Å². The van der Waals surface area contributed by atoms with Crippen LogP contribution < -0.4 is 4.72 Å². The Labute approximate surface area is 78.1 Å². The Morgan fingerprint density at radius 2 is 2.38 bits per heavy atom. The van der Waals surface area contributed by atoms with Crippen LogP contribution >= 0.6 is 0 Å². The zero-order valence-electron chi connectivity index (χ0n) is 7.56. The lowest BCUT2D eigenvalue weighted by Crippen LogP contribution is -2.41. The maximum atomic E-state index is 11.4. The second-order valence-corrected chi connectivity index (χ2v) is 5.35. The van der Waals surface area contributed by atoms with Gasteiger partial charge in [-0.3, -0.25) is 0 Å². The van der Waals surface area contributed by atoms with Crippen LogP contribution in [-0.2, 0) is 14.8 Å². The molecule has 1 saturated heterocycles. The highest BCUT2D eigenvalue weighted by Gasteiger charge is 2.25. The lowest BCUT2D eigenvalue weighted by molar-refractivity contribution is 0.192. The molecule has 2 N–H and O–H groups in total. The molecule has 0 saturated carbocycles. The Hall–Kier alpha value is -0.170. The number of hydrogen-bond donors (Lipinski definition) is 2. The molecule has 6 heteroatoms. The minimum Gasteiger partial charge on any atom is -0.395 e. The van der Waals surface area contributed by atoms with Crippen molar-refractivity contribution in [2.24, 2.45) is 0 Å². The van der Waals surface area contributed by atoms with Gasteiger partial charge in [-0.2, -0.15) is 0 Å². The SMILES string of the molecule is CC(CO)S(=O)(=O)NC1CCOC1. The van der Waals surface area contributed by atoms with Crippen molar-refractivity contribution in [3.63, 3.8) is 0 Å². The molecule has 0 aromatic rings. The lowest BCUT2D eigenvalue weighted by Gasteiger charge is -2.14. The molecule has 0 bridgehead atoms. The van der Waals surface area contributed by atoms with Gasteiger partial charge in [-0.15, -0.1) is 0 Å². The first-order valence-electron chi connectivity index (χ1n) is 4.26. The van der Waals surface area contributed by atoms with Crippen molar-refractivity contribution in [2.75, 3.05) is 19.8 Å². The van der Waals surface area contributed by atoms with Gasteiger partial charge >= 0.3 is 0 Å². The fourth-order valence-electron chi connectivity index (χ4n) is 1.07. The van der Waals surface area contributed by atoms with E-state index >= 15 is 0 Å². The first-order valence-corrected chi connectivity index (χ1v) is 5.80. The maximum Gasteiger partial charge on any atom is 0.216 e. The minimum atomic E-state index is -3.37. The van der Waals surface area contributed by atoms with E-state index in [0.29, 0.717) is 19.6 Å². The van der Waals surface area contributed by atoms with Crippen molar-refractivity contribution in [1.82, 2.24) is 4.72 Å². The van der Waals surface area contributed by atoms with Gasteiger partial charge in [0.2, 0.25) is 10.0 Å². The number of rotatable bonds is 4. The van der Waals surface area contributed by atoms with Gasteiger partial charge < -0.3 is 9.84 Å². The van der Waals surface area contributed by atoms with Crippen molar-refractivity contribution >= 4 is 10.0 Å². The van der Waals surface area contributed by atoms with Crippen molar-refractivity contribution < 1.29 is 18.3 Å². The van der Waals surface area contributed by atoms with Crippen LogP contribution in [0.4, 0.5) is 0 Å². The lowest BCUT2D eigenvalue weighted by atomic mass is 10.3.